The Balaban J connectivity index is 2.29. The van der Waals surface area contributed by atoms with Gasteiger partial charge in [0.25, 0.3) is 0 Å². The number of anilines is 1. The van der Waals surface area contributed by atoms with E-state index in [-0.39, 0.29) is 5.91 Å². The average Bonchev–Trinajstić information content (AvgIpc) is 2.35. The quantitative estimate of drug-likeness (QED) is 0.755. The molecule has 0 aliphatic heterocycles. The Kier molecular flexibility index (Phi) is 5.89. The molecule has 0 bridgehead atoms. The molecule has 1 aromatic rings. The lowest BCUT2D eigenvalue weighted by atomic mass is 10.2. The zero-order valence-electron chi connectivity index (χ0n) is 10.9. The van der Waals surface area contributed by atoms with E-state index in [1.807, 2.05) is 6.07 Å². The largest absolute Gasteiger partial charge is 0.326 e. The monoisotopic (exact) mass is 245 g/mol. The molecule has 0 aliphatic carbocycles. The summed E-state index contributed by atoms with van der Waals surface area (Å²) in [5.74, 6) is 0.572. The van der Waals surface area contributed by atoms with Crippen LogP contribution in [-0.2, 0) is 4.79 Å². The van der Waals surface area contributed by atoms with Crippen molar-refractivity contribution in [3.63, 3.8) is 0 Å². The Bertz CT molecular complexity index is 418. The standard InChI is InChI=1S/C14H19N3O/c1-11(2)10-16-8-7-14(18)17-13-5-3-12(9-15)4-6-13/h3-6,11,16H,7-8,10H2,1-2H3,(H,17,18). The van der Waals surface area contributed by atoms with Gasteiger partial charge in [-0.1, -0.05) is 13.8 Å². The van der Waals surface area contributed by atoms with Crippen molar-refractivity contribution in [3.05, 3.63) is 29.8 Å². The van der Waals surface area contributed by atoms with Crippen molar-refractivity contribution < 1.29 is 4.79 Å². The summed E-state index contributed by atoms with van der Waals surface area (Å²) in [6.45, 7) is 5.86. The number of nitrogens with zero attached hydrogens (tertiary/aromatic N) is 1. The molecule has 1 rings (SSSR count). The van der Waals surface area contributed by atoms with Crippen molar-refractivity contribution >= 4 is 11.6 Å². The fourth-order valence-corrected chi connectivity index (χ4v) is 1.44. The summed E-state index contributed by atoms with van der Waals surface area (Å²) in [6, 6.07) is 8.88. The molecule has 4 heteroatoms. The lowest BCUT2D eigenvalue weighted by molar-refractivity contribution is -0.116. The van der Waals surface area contributed by atoms with Gasteiger partial charge in [0.15, 0.2) is 0 Å². The molecule has 0 saturated heterocycles. The predicted molar refractivity (Wildman–Crippen MR) is 72.1 cm³/mol. The van der Waals surface area contributed by atoms with Gasteiger partial charge in [-0.15, -0.1) is 0 Å². The van der Waals surface area contributed by atoms with Gasteiger partial charge >= 0.3 is 0 Å². The van der Waals surface area contributed by atoms with E-state index in [0.29, 0.717) is 24.4 Å². The summed E-state index contributed by atoms with van der Waals surface area (Å²) in [5.41, 5.74) is 1.31. The molecule has 0 saturated carbocycles. The average molecular weight is 245 g/mol. The van der Waals surface area contributed by atoms with Gasteiger partial charge in [-0.05, 0) is 36.7 Å². The lowest BCUT2D eigenvalue weighted by Gasteiger charge is -2.08. The van der Waals surface area contributed by atoms with Crippen molar-refractivity contribution in [1.82, 2.24) is 5.32 Å². The summed E-state index contributed by atoms with van der Waals surface area (Å²) >= 11 is 0. The minimum Gasteiger partial charge on any atom is -0.326 e. The molecule has 2 N–H and O–H groups in total. The molecule has 0 radical (unpaired) electrons. The third-order valence-electron chi connectivity index (χ3n) is 2.38. The first-order valence-corrected chi connectivity index (χ1v) is 6.12. The number of hydrogen-bond donors (Lipinski definition) is 2. The topological polar surface area (TPSA) is 64.9 Å². The third kappa shape index (κ3) is 5.46. The molecule has 0 aromatic heterocycles. The van der Waals surface area contributed by atoms with Gasteiger partial charge < -0.3 is 10.6 Å². The van der Waals surface area contributed by atoms with Gasteiger partial charge in [-0.25, -0.2) is 0 Å². The first-order valence-electron chi connectivity index (χ1n) is 6.12. The molecule has 96 valence electrons. The van der Waals surface area contributed by atoms with Crippen LogP contribution in [0.1, 0.15) is 25.8 Å². The van der Waals surface area contributed by atoms with Crippen molar-refractivity contribution in [2.24, 2.45) is 5.92 Å². The molecule has 0 atom stereocenters. The van der Waals surface area contributed by atoms with E-state index in [9.17, 15) is 4.79 Å². The van der Waals surface area contributed by atoms with Crippen LogP contribution in [0.3, 0.4) is 0 Å². The fourth-order valence-electron chi connectivity index (χ4n) is 1.44. The van der Waals surface area contributed by atoms with Gasteiger partial charge in [-0.3, -0.25) is 4.79 Å². The van der Waals surface area contributed by atoms with E-state index >= 15 is 0 Å². The van der Waals surface area contributed by atoms with Crippen LogP contribution >= 0.6 is 0 Å². The maximum Gasteiger partial charge on any atom is 0.225 e. The van der Waals surface area contributed by atoms with Gasteiger partial charge in [0, 0.05) is 18.7 Å². The predicted octanol–water partition coefficient (Wildman–Crippen LogP) is 2.13. The number of carbonyl (C=O) groups excluding carboxylic acids is 1. The van der Waals surface area contributed by atoms with E-state index in [4.69, 9.17) is 5.26 Å². The Labute approximate surface area is 108 Å². The highest BCUT2D eigenvalue weighted by Crippen LogP contribution is 2.08. The molecule has 4 nitrogen and oxygen atoms in total. The molecule has 0 fully saturated rings. The van der Waals surface area contributed by atoms with Crippen LogP contribution in [0.15, 0.2) is 24.3 Å². The third-order valence-corrected chi connectivity index (χ3v) is 2.38. The second-order valence-corrected chi connectivity index (χ2v) is 4.59. The summed E-state index contributed by atoms with van der Waals surface area (Å²) in [6.07, 6.45) is 0.451. The van der Waals surface area contributed by atoms with Crippen LogP contribution in [0.5, 0.6) is 0 Å². The molecule has 0 aliphatic rings. The van der Waals surface area contributed by atoms with E-state index in [0.717, 1.165) is 12.2 Å². The molecule has 1 aromatic carbocycles. The number of amides is 1. The number of rotatable bonds is 6. The number of hydrogen-bond acceptors (Lipinski definition) is 3. The summed E-state index contributed by atoms with van der Waals surface area (Å²) in [4.78, 5) is 11.6. The summed E-state index contributed by atoms with van der Waals surface area (Å²) in [5, 5.41) is 14.7. The Morgan fingerprint density at radius 1 is 1.33 bits per heavy atom. The zero-order valence-corrected chi connectivity index (χ0v) is 10.9. The van der Waals surface area contributed by atoms with Crippen LogP contribution in [-0.4, -0.2) is 19.0 Å². The Morgan fingerprint density at radius 2 is 2.00 bits per heavy atom. The first-order chi connectivity index (χ1) is 8.61. The van der Waals surface area contributed by atoms with Crippen LogP contribution in [0.2, 0.25) is 0 Å². The van der Waals surface area contributed by atoms with Gasteiger partial charge in [-0.2, -0.15) is 5.26 Å². The maximum absolute atomic E-state index is 11.6. The number of carbonyl (C=O) groups is 1. The van der Waals surface area contributed by atoms with Crippen molar-refractivity contribution in [1.29, 1.82) is 5.26 Å². The molecule has 1 amide bonds. The molecular weight excluding hydrogens is 226 g/mol. The van der Waals surface area contributed by atoms with E-state index in [1.165, 1.54) is 0 Å². The highest BCUT2D eigenvalue weighted by molar-refractivity contribution is 5.90. The highest BCUT2D eigenvalue weighted by atomic mass is 16.1. The zero-order chi connectivity index (χ0) is 13.4. The summed E-state index contributed by atoms with van der Waals surface area (Å²) < 4.78 is 0. The maximum atomic E-state index is 11.6. The Morgan fingerprint density at radius 3 is 2.56 bits per heavy atom. The fraction of sp³-hybridized carbons (Fsp3) is 0.429. The normalized spacial score (nSPS) is 10.1. The smallest absolute Gasteiger partial charge is 0.225 e. The van der Waals surface area contributed by atoms with E-state index in [1.54, 1.807) is 24.3 Å². The molecule has 0 spiro atoms. The number of nitrogens with one attached hydrogen (secondary N) is 2. The van der Waals surface area contributed by atoms with Crippen LogP contribution in [0.25, 0.3) is 0 Å². The number of benzene rings is 1. The van der Waals surface area contributed by atoms with Crippen molar-refractivity contribution in [3.8, 4) is 6.07 Å². The van der Waals surface area contributed by atoms with Gasteiger partial charge in [0.05, 0.1) is 11.6 Å². The highest BCUT2D eigenvalue weighted by Gasteiger charge is 2.02. The molecular formula is C14H19N3O. The summed E-state index contributed by atoms with van der Waals surface area (Å²) in [7, 11) is 0. The second kappa shape index (κ2) is 7.46. The minimum atomic E-state index is -0.0176. The van der Waals surface area contributed by atoms with Crippen molar-refractivity contribution in [2.45, 2.75) is 20.3 Å². The minimum absolute atomic E-state index is 0.0176. The van der Waals surface area contributed by atoms with Crippen LogP contribution in [0, 0.1) is 17.2 Å². The van der Waals surface area contributed by atoms with Gasteiger partial charge in [0.1, 0.15) is 0 Å². The Hall–Kier alpha value is -1.86. The van der Waals surface area contributed by atoms with Crippen LogP contribution < -0.4 is 10.6 Å². The molecule has 18 heavy (non-hydrogen) atoms. The molecule has 0 heterocycles. The van der Waals surface area contributed by atoms with Gasteiger partial charge in [0.2, 0.25) is 5.91 Å². The first kappa shape index (κ1) is 14.2. The van der Waals surface area contributed by atoms with Crippen molar-refractivity contribution in [2.75, 3.05) is 18.4 Å². The van der Waals surface area contributed by atoms with Crippen LogP contribution in [0.4, 0.5) is 5.69 Å². The van der Waals surface area contributed by atoms with E-state index < -0.39 is 0 Å². The molecule has 0 unspecified atom stereocenters. The number of nitriles is 1. The second-order valence-electron chi connectivity index (χ2n) is 4.59. The SMILES string of the molecule is CC(C)CNCCC(=O)Nc1ccc(C#N)cc1. The lowest BCUT2D eigenvalue weighted by Crippen LogP contribution is -2.24. The van der Waals surface area contributed by atoms with E-state index in [2.05, 4.69) is 24.5 Å².